The van der Waals surface area contributed by atoms with Crippen LogP contribution < -0.4 is 5.32 Å². The number of hydrogen-bond donors (Lipinski definition) is 1. The van der Waals surface area contributed by atoms with Gasteiger partial charge in [0.05, 0.1) is 15.7 Å². The van der Waals surface area contributed by atoms with E-state index in [1.807, 2.05) is 4.90 Å². The lowest BCUT2D eigenvalue weighted by molar-refractivity contribution is 0.0113. The van der Waals surface area contributed by atoms with Crippen molar-refractivity contribution in [3.63, 3.8) is 0 Å². The minimum atomic E-state index is -0.890. The standard InChI is InChI=1S/C13H24B2FN3/c1-10(2)18-7-3-12(11(16)9-18)19-8-6-17-5-4-13(19,14)15/h10-12,17H,3-9H2,1-2H3. The van der Waals surface area contributed by atoms with Crippen LogP contribution in [0.1, 0.15) is 26.7 Å². The molecule has 0 saturated carbocycles. The van der Waals surface area contributed by atoms with E-state index in [2.05, 4.69) is 24.1 Å². The zero-order chi connectivity index (χ0) is 14.0. The van der Waals surface area contributed by atoms with Crippen molar-refractivity contribution in [1.82, 2.24) is 15.1 Å². The summed E-state index contributed by atoms with van der Waals surface area (Å²) in [6, 6.07) is 0.246. The zero-order valence-electron chi connectivity index (χ0n) is 12.1. The van der Waals surface area contributed by atoms with E-state index in [4.69, 9.17) is 15.7 Å². The molecule has 0 aromatic rings. The van der Waals surface area contributed by atoms with Crippen LogP contribution in [0.3, 0.4) is 0 Å². The van der Waals surface area contributed by atoms with Gasteiger partial charge >= 0.3 is 0 Å². The van der Waals surface area contributed by atoms with E-state index in [-0.39, 0.29) is 6.04 Å². The smallest absolute Gasteiger partial charge is 0.128 e. The Morgan fingerprint density at radius 3 is 2.63 bits per heavy atom. The molecule has 6 heteroatoms. The molecule has 0 aliphatic carbocycles. The highest BCUT2D eigenvalue weighted by atomic mass is 19.1. The zero-order valence-corrected chi connectivity index (χ0v) is 12.1. The molecule has 2 fully saturated rings. The average molecular weight is 263 g/mol. The summed E-state index contributed by atoms with van der Waals surface area (Å²) >= 11 is 0. The molecule has 2 heterocycles. The third kappa shape index (κ3) is 3.53. The van der Waals surface area contributed by atoms with Crippen molar-refractivity contribution in [3.8, 4) is 0 Å². The lowest BCUT2D eigenvalue weighted by atomic mass is 9.58. The minimum Gasteiger partial charge on any atom is -0.315 e. The number of halogens is 1. The van der Waals surface area contributed by atoms with Gasteiger partial charge in [0.25, 0.3) is 0 Å². The number of alkyl halides is 1. The SMILES string of the molecule is [B]C1([B])CCNCCN1C1CCN(C(C)C)CC1F. The largest absolute Gasteiger partial charge is 0.315 e. The van der Waals surface area contributed by atoms with Gasteiger partial charge in [0.15, 0.2) is 0 Å². The van der Waals surface area contributed by atoms with Gasteiger partial charge < -0.3 is 10.2 Å². The maximum Gasteiger partial charge on any atom is 0.128 e. The summed E-state index contributed by atoms with van der Waals surface area (Å²) < 4.78 is 14.5. The molecule has 0 aromatic heterocycles. The first-order valence-corrected chi connectivity index (χ1v) is 7.35. The first kappa shape index (κ1) is 15.3. The summed E-state index contributed by atoms with van der Waals surface area (Å²) in [5.74, 6) is 0. The topological polar surface area (TPSA) is 18.5 Å². The van der Waals surface area contributed by atoms with Crippen molar-refractivity contribution < 1.29 is 4.39 Å². The number of likely N-dealkylation sites (tertiary alicyclic amines) is 1. The highest BCUT2D eigenvalue weighted by Gasteiger charge is 2.39. The van der Waals surface area contributed by atoms with Crippen LogP contribution in [0.2, 0.25) is 0 Å². The predicted octanol–water partition coefficient (Wildman–Crippen LogP) is 0.0933. The Morgan fingerprint density at radius 1 is 1.26 bits per heavy atom. The molecule has 19 heavy (non-hydrogen) atoms. The molecule has 104 valence electrons. The molecule has 2 unspecified atom stereocenters. The second kappa shape index (κ2) is 6.15. The molecule has 0 aromatic carbocycles. The fraction of sp³-hybridized carbons (Fsp3) is 1.00. The Balaban J connectivity index is 2.04. The van der Waals surface area contributed by atoms with E-state index in [0.717, 1.165) is 32.6 Å². The molecule has 2 aliphatic rings. The Hall–Kier alpha value is -0.0601. The van der Waals surface area contributed by atoms with Gasteiger partial charge in [-0.15, -0.1) is 0 Å². The summed E-state index contributed by atoms with van der Waals surface area (Å²) in [5.41, 5.74) is 0. The quantitative estimate of drug-likeness (QED) is 0.712. The molecule has 2 atom stereocenters. The summed E-state index contributed by atoms with van der Waals surface area (Å²) in [5, 5.41) is 2.39. The van der Waals surface area contributed by atoms with Crippen molar-refractivity contribution in [2.75, 3.05) is 32.7 Å². The molecule has 2 rings (SSSR count). The van der Waals surface area contributed by atoms with Crippen molar-refractivity contribution >= 4 is 15.7 Å². The normalized spacial score (nSPS) is 34.3. The first-order chi connectivity index (χ1) is 8.92. The monoisotopic (exact) mass is 263 g/mol. The van der Waals surface area contributed by atoms with Crippen LogP contribution in [-0.4, -0.2) is 81.8 Å². The van der Waals surface area contributed by atoms with Gasteiger partial charge in [-0.3, -0.25) is 4.90 Å². The average Bonchev–Trinajstić information content (AvgIpc) is 2.50. The van der Waals surface area contributed by atoms with Crippen molar-refractivity contribution in [2.24, 2.45) is 0 Å². The molecule has 0 bridgehead atoms. The van der Waals surface area contributed by atoms with Crippen molar-refractivity contribution in [2.45, 2.75) is 50.3 Å². The Labute approximate surface area is 119 Å². The Bertz CT molecular complexity index is 302. The number of hydrogen-bond acceptors (Lipinski definition) is 3. The lowest BCUT2D eigenvalue weighted by Crippen LogP contribution is -2.62. The maximum atomic E-state index is 14.5. The molecule has 0 amide bonds. The molecule has 2 aliphatic heterocycles. The fourth-order valence-electron chi connectivity index (χ4n) is 3.18. The van der Waals surface area contributed by atoms with Gasteiger partial charge in [-0.1, -0.05) is 5.34 Å². The van der Waals surface area contributed by atoms with Gasteiger partial charge in [0.1, 0.15) is 6.17 Å². The van der Waals surface area contributed by atoms with Crippen LogP contribution in [0.5, 0.6) is 0 Å². The van der Waals surface area contributed by atoms with Crippen LogP contribution in [-0.2, 0) is 0 Å². The second-order valence-corrected chi connectivity index (χ2v) is 6.15. The Morgan fingerprint density at radius 2 is 2.00 bits per heavy atom. The van der Waals surface area contributed by atoms with Gasteiger partial charge in [-0.05, 0) is 33.2 Å². The Kier molecular flexibility index (Phi) is 4.96. The summed E-state index contributed by atoms with van der Waals surface area (Å²) in [4.78, 5) is 4.17. The van der Waals surface area contributed by atoms with Crippen LogP contribution in [0.25, 0.3) is 0 Å². The summed E-state index contributed by atoms with van der Waals surface area (Å²) in [7, 11) is 12.4. The number of nitrogens with one attached hydrogen (secondary N) is 1. The van der Waals surface area contributed by atoms with Gasteiger partial charge in [0, 0.05) is 38.3 Å². The molecule has 3 nitrogen and oxygen atoms in total. The van der Waals surface area contributed by atoms with Crippen LogP contribution in [0.15, 0.2) is 0 Å². The van der Waals surface area contributed by atoms with E-state index < -0.39 is 11.5 Å². The molecular weight excluding hydrogens is 239 g/mol. The lowest BCUT2D eigenvalue weighted by Gasteiger charge is -2.48. The molecule has 1 N–H and O–H groups in total. The molecule has 0 spiro atoms. The highest BCUT2D eigenvalue weighted by Crippen LogP contribution is 2.26. The first-order valence-electron chi connectivity index (χ1n) is 7.35. The van der Waals surface area contributed by atoms with E-state index in [1.54, 1.807) is 0 Å². The van der Waals surface area contributed by atoms with Crippen molar-refractivity contribution in [1.29, 1.82) is 0 Å². The van der Waals surface area contributed by atoms with Gasteiger partial charge in [0.2, 0.25) is 0 Å². The van der Waals surface area contributed by atoms with Crippen molar-refractivity contribution in [3.05, 3.63) is 0 Å². The van der Waals surface area contributed by atoms with Gasteiger partial charge in [-0.25, -0.2) is 4.39 Å². The van der Waals surface area contributed by atoms with Gasteiger partial charge in [-0.2, -0.15) is 0 Å². The molecule has 4 radical (unpaired) electrons. The number of piperidine rings is 1. The summed E-state index contributed by atoms with van der Waals surface area (Å²) in [6.07, 6.45) is 0.584. The molecule has 2 saturated heterocycles. The predicted molar refractivity (Wildman–Crippen MR) is 78.4 cm³/mol. The highest BCUT2D eigenvalue weighted by molar-refractivity contribution is 6.40. The number of nitrogens with zero attached hydrogens (tertiary/aromatic N) is 2. The minimum absolute atomic E-state index is 0.148. The molecular formula is C13H24B2FN3. The van der Waals surface area contributed by atoms with Crippen LogP contribution >= 0.6 is 0 Å². The number of rotatable bonds is 2. The van der Waals surface area contributed by atoms with Crippen LogP contribution in [0.4, 0.5) is 4.39 Å². The van der Waals surface area contributed by atoms with E-state index in [9.17, 15) is 4.39 Å². The summed E-state index contributed by atoms with van der Waals surface area (Å²) in [6.45, 7) is 7.97. The van der Waals surface area contributed by atoms with Crippen LogP contribution in [0, 0.1) is 0 Å². The van der Waals surface area contributed by atoms with E-state index >= 15 is 0 Å². The maximum absolute atomic E-state index is 14.5. The third-order valence-electron chi connectivity index (χ3n) is 4.44. The fourth-order valence-corrected chi connectivity index (χ4v) is 3.18. The van der Waals surface area contributed by atoms with E-state index in [1.165, 1.54) is 0 Å². The van der Waals surface area contributed by atoms with E-state index in [0.29, 0.717) is 19.0 Å². The third-order valence-corrected chi connectivity index (χ3v) is 4.44. The second-order valence-electron chi connectivity index (χ2n) is 6.15.